The van der Waals surface area contributed by atoms with Crippen LogP contribution in [-0.2, 0) is 11.3 Å². The Balaban J connectivity index is 1.69. The van der Waals surface area contributed by atoms with E-state index in [0.717, 1.165) is 18.5 Å². The first kappa shape index (κ1) is 16.4. The molecule has 0 unspecified atom stereocenters. The van der Waals surface area contributed by atoms with Crippen LogP contribution in [0.15, 0.2) is 29.3 Å². The zero-order chi connectivity index (χ0) is 18.3. The minimum atomic E-state index is -0.353. The second-order valence-electron chi connectivity index (χ2n) is 6.80. The minimum Gasteiger partial charge on any atom is -0.323 e. The van der Waals surface area contributed by atoms with Crippen LogP contribution >= 0.6 is 0 Å². The van der Waals surface area contributed by atoms with Gasteiger partial charge in [-0.05, 0) is 25.0 Å². The molecule has 0 radical (unpaired) electrons. The highest BCUT2D eigenvalue weighted by Crippen LogP contribution is 2.39. The predicted octanol–water partition coefficient (Wildman–Crippen LogP) is 1.32. The number of amides is 1. The lowest BCUT2D eigenvalue weighted by Crippen LogP contribution is -2.32. The molecule has 0 spiro atoms. The molecule has 3 heterocycles. The van der Waals surface area contributed by atoms with E-state index in [4.69, 9.17) is 0 Å². The molecule has 0 saturated heterocycles. The van der Waals surface area contributed by atoms with Crippen LogP contribution in [0.2, 0.25) is 0 Å². The molecule has 1 saturated carbocycles. The third-order valence-corrected chi connectivity index (χ3v) is 4.30. The molecule has 4 rings (SSSR count). The van der Waals surface area contributed by atoms with Crippen molar-refractivity contribution < 1.29 is 4.79 Å². The molecule has 3 aromatic heterocycles. The van der Waals surface area contributed by atoms with Gasteiger partial charge in [0.25, 0.3) is 5.56 Å². The van der Waals surface area contributed by atoms with Crippen molar-refractivity contribution in [1.82, 2.24) is 29.6 Å². The van der Waals surface area contributed by atoms with E-state index in [9.17, 15) is 9.59 Å². The topological polar surface area (TPSA) is 107 Å². The van der Waals surface area contributed by atoms with Gasteiger partial charge in [-0.1, -0.05) is 13.8 Å². The van der Waals surface area contributed by atoms with Gasteiger partial charge in [-0.2, -0.15) is 20.4 Å². The van der Waals surface area contributed by atoms with E-state index in [-0.39, 0.29) is 23.9 Å². The largest absolute Gasteiger partial charge is 0.323 e. The lowest BCUT2D eigenvalue weighted by molar-refractivity contribution is -0.117. The van der Waals surface area contributed by atoms with Crippen LogP contribution in [0.25, 0.3) is 5.52 Å². The monoisotopic (exact) mass is 353 g/mol. The molecule has 1 fully saturated rings. The maximum absolute atomic E-state index is 12.8. The second-order valence-corrected chi connectivity index (χ2v) is 6.80. The highest BCUT2D eigenvalue weighted by Gasteiger charge is 2.28. The smallest absolute Gasteiger partial charge is 0.293 e. The fraction of sp³-hybridized carbons (Fsp3) is 0.412. The number of carbonyl (C=O) groups excluding carboxylic acids is 1. The van der Waals surface area contributed by atoms with E-state index in [1.165, 1.54) is 17.1 Å². The van der Waals surface area contributed by atoms with Gasteiger partial charge in [-0.3, -0.25) is 9.59 Å². The highest BCUT2D eigenvalue weighted by atomic mass is 16.2. The van der Waals surface area contributed by atoms with Crippen molar-refractivity contribution in [3.05, 3.63) is 46.4 Å². The zero-order valence-corrected chi connectivity index (χ0v) is 14.6. The first-order valence-corrected chi connectivity index (χ1v) is 8.60. The summed E-state index contributed by atoms with van der Waals surface area (Å²) in [7, 11) is 0. The summed E-state index contributed by atoms with van der Waals surface area (Å²) in [5.74, 6) is 0.799. The molecule has 1 aliphatic rings. The summed E-state index contributed by atoms with van der Waals surface area (Å²) in [5, 5.41) is 19.0. The Morgan fingerprint density at radius 3 is 2.77 bits per heavy atom. The number of anilines is 1. The Morgan fingerprint density at radius 2 is 2.12 bits per heavy atom. The SMILES string of the molecule is CC(C)c1nn(CC(=O)Nc2ccnnc2)c(=O)c2cc(C3CC3)nn12. The van der Waals surface area contributed by atoms with Gasteiger partial charge >= 0.3 is 0 Å². The van der Waals surface area contributed by atoms with E-state index in [2.05, 4.69) is 25.7 Å². The standard InChI is InChI=1S/C17H19N7O2/c1-10(2)16-22-23(9-15(25)20-12-5-6-18-19-8-12)17(26)14-7-13(11-3-4-11)21-24(14)16/h5-8,10-11H,3-4,9H2,1-2H3,(H,18,20,25). The van der Waals surface area contributed by atoms with Crippen LogP contribution in [0.5, 0.6) is 0 Å². The van der Waals surface area contributed by atoms with Gasteiger partial charge in [-0.15, -0.1) is 0 Å². The number of nitrogens with zero attached hydrogens (tertiary/aromatic N) is 6. The Morgan fingerprint density at radius 1 is 1.31 bits per heavy atom. The normalized spacial score (nSPS) is 14.1. The molecule has 1 N–H and O–H groups in total. The van der Waals surface area contributed by atoms with E-state index in [1.807, 2.05) is 19.9 Å². The van der Waals surface area contributed by atoms with Crippen molar-refractivity contribution in [3.63, 3.8) is 0 Å². The molecule has 26 heavy (non-hydrogen) atoms. The summed E-state index contributed by atoms with van der Waals surface area (Å²) in [5.41, 5.74) is 1.58. The van der Waals surface area contributed by atoms with E-state index in [1.54, 1.807) is 10.6 Å². The maximum Gasteiger partial charge on any atom is 0.293 e. The molecule has 0 aromatic carbocycles. The van der Waals surface area contributed by atoms with E-state index in [0.29, 0.717) is 22.9 Å². The third kappa shape index (κ3) is 3.07. The van der Waals surface area contributed by atoms with Crippen LogP contribution in [0, 0.1) is 0 Å². The van der Waals surface area contributed by atoms with Crippen LogP contribution in [-0.4, -0.2) is 35.5 Å². The molecular formula is C17H19N7O2. The second kappa shape index (κ2) is 6.32. The van der Waals surface area contributed by atoms with Gasteiger partial charge in [0, 0.05) is 11.8 Å². The Labute approximate surface area is 149 Å². The minimum absolute atomic E-state index is 0.0590. The number of aromatic nitrogens is 6. The van der Waals surface area contributed by atoms with Crippen molar-refractivity contribution in [2.75, 3.05) is 5.32 Å². The lowest BCUT2D eigenvalue weighted by Gasteiger charge is -2.11. The van der Waals surface area contributed by atoms with Crippen molar-refractivity contribution in [2.45, 2.75) is 45.1 Å². The number of rotatable bonds is 5. The van der Waals surface area contributed by atoms with Crippen LogP contribution in [0.3, 0.4) is 0 Å². The van der Waals surface area contributed by atoms with Gasteiger partial charge in [0.1, 0.15) is 12.1 Å². The summed E-state index contributed by atoms with van der Waals surface area (Å²) >= 11 is 0. The van der Waals surface area contributed by atoms with Crippen molar-refractivity contribution in [3.8, 4) is 0 Å². The lowest BCUT2D eigenvalue weighted by atomic mass is 10.2. The zero-order valence-electron chi connectivity index (χ0n) is 14.6. The van der Waals surface area contributed by atoms with Crippen molar-refractivity contribution >= 4 is 17.1 Å². The van der Waals surface area contributed by atoms with Crippen LogP contribution in [0.1, 0.15) is 50.0 Å². The number of nitrogens with one attached hydrogen (secondary N) is 1. The number of carbonyl (C=O) groups is 1. The number of hydrogen-bond donors (Lipinski definition) is 1. The third-order valence-electron chi connectivity index (χ3n) is 4.30. The fourth-order valence-corrected chi connectivity index (χ4v) is 2.82. The van der Waals surface area contributed by atoms with E-state index < -0.39 is 0 Å². The molecule has 0 bridgehead atoms. The molecule has 9 heteroatoms. The first-order chi connectivity index (χ1) is 12.5. The Kier molecular flexibility index (Phi) is 3.98. The van der Waals surface area contributed by atoms with Crippen LogP contribution in [0.4, 0.5) is 5.69 Å². The molecule has 0 aliphatic heterocycles. The maximum atomic E-state index is 12.8. The van der Waals surface area contributed by atoms with Gasteiger partial charge in [0.05, 0.1) is 23.8 Å². The summed E-state index contributed by atoms with van der Waals surface area (Å²) in [4.78, 5) is 25.1. The Hall–Kier alpha value is -3.10. The first-order valence-electron chi connectivity index (χ1n) is 8.60. The number of hydrogen-bond acceptors (Lipinski definition) is 6. The van der Waals surface area contributed by atoms with Gasteiger partial charge in [0.15, 0.2) is 5.82 Å². The van der Waals surface area contributed by atoms with E-state index >= 15 is 0 Å². The molecular weight excluding hydrogens is 334 g/mol. The average molecular weight is 353 g/mol. The molecule has 134 valence electrons. The van der Waals surface area contributed by atoms with Crippen molar-refractivity contribution in [1.29, 1.82) is 0 Å². The highest BCUT2D eigenvalue weighted by molar-refractivity contribution is 5.90. The Bertz CT molecular complexity index is 1020. The fourth-order valence-electron chi connectivity index (χ4n) is 2.82. The van der Waals surface area contributed by atoms with Gasteiger partial charge in [0.2, 0.25) is 5.91 Å². The van der Waals surface area contributed by atoms with Crippen LogP contribution < -0.4 is 10.9 Å². The molecule has 1 amide bonds. The molecule has 9 nitrogen and oxygen atoms in total. The average Bonchev–Trinajstić information content (AvgIpc) is 3.37. The summed E-state index contributed by atoms with van der Waals surface area (Å²) in [6.07, 6.45) is 5.13. The molecule has 3 aromatic rings. The quantitative estimate of drug-likeness (QED) is 0.741. The number of fused-ring (bicyclic) bond motifs is 1. The molecule has 0 atom stereocenters. The summed E-state index contributed by atoms with van der Waals surface area (Å²) in [6.45, 7) is 3.79. The molecule has 1 aliphatic carbocycles. The predicted molar refractivity (Wildman–Crippen MR) is 94.0 cm³/mol. The summed E-state index contributed by atoms with van der Waals surface area (Å²) < 4.78 is 2.83. The summed E-state index contributed by atoms with van der Waals surface area (Å²) in [6, 6.07) is 3.46. The van der Waals surface area contributed by atoms with Gasteiger partial charge < -0.3 is 5.32 Å². The van der Waals surface area contributed by atoms with Crippen molar-refractivity contribution in [2.24, 2.45) is 0 Å². The van der Waals surface area contributed by atoms with Gasteiger partial charge in [-0.25, -0.2) is 9.20 Å².